The summed E-state index contributed by atoms with van der Waals surface area (Å²) in [7, 11) is 0. The quantitative estimate of drug-likeness (QED) is 0.747. The second-order valence-electron chi connectivity index (χ2n) is 4.14. The van der Waals surface area contributed by atoms with Crippen molar-refractivity contribution >= 4 is 27.5 Å². The zero-order chi connectivity index (χ0) is 11.5. The van der Waals surface area contributed by atoms with Gasteiger partial charge in [0.1, 0.15) is 5.82 Å². The molecule has 1 nitrogen and oxygen atoms in total. The van der Waals surface area contributed by atoms with Crippen molar-refractivity contribution in [3.05, 3.63) is 34.6 Å². The fourth-order valence-corrected chi connectivity index (χ4v) is 2.47. The Hall–Kier alpha value is -0.120. The highest BCUT2D eigenvalue weighted by Gasteiger charge is 2.28. The highest BCUT2D eigenvalue weighted by molar-refractivity contribution is 9.09. The van der Waals surface area contributed by atoms with Crippen molar-refractivity contribution < 1.29 is 4.39 Å². The van der Waals surface area contributed by atoms with Gasteiger partial charge in [-0.1, -0.05) is 33.6 Å². The van der Waals surface area contributed by atoms with E-state index in [1.807, 2.05) is 6.07 Å². The third-order valence-corrected chi connectivity index (χ3v) is 3.45. The van der Waals surface area contributed by atoms with Crippen LogP contribution in [-0.4, -0.2) is 22.8 Å². The van der Waals surface area contributed by atoms with Gasteiger partial charge in [-0.15, -0.1) is 0 Å². The van der Waals surface area contributed by atoms with E-state index in [1.165, 1.54) is 18.9 Å². The van der Waals surface area contributed by atoms with Gasteiger partial charge < -0.3 is 0 Å². The third kappa shape index (κ3) is 3.19. The minimum absolute atomic E-state index is 0.215. The van der Waals surface area contributed by atoms with Gasteiger partial charge in [-0.05, 0) is 30.5 Å². The molecular formula is C12H14BrClFN. The van der Waals surface area contributed by atoms with E-state index in [1.54, 1.807) is 6.07 Å². The van der Waals surface area contributed by atoms with Crippen LogP contribution in [-0.2, 0) is 6.54 Å². The third-order valence-electron chi connectivity index (χ3n) is 2.80. The minimum atomic E-state index is -0.344. The zero-order valence-electron chi connectivity index (χ0n) is 8.93. The van der Waals surface area contributed by atoms with Gasteiger partial charge in [0, 0.05) is 24.5 Å². The standard InChI is InChI=1S/C12H14BrClFN/c13-5-6-16(10-2-3-10)8-9-1-4-12(15)11(14)7-9/h1,4,7,10H,2-3,5-6,8H2. The number of halogens is 3. The van der Waals surface area contributed by atoms with Gasteiger partial charge in [-0.2, -0.15) is 0 Å². The van der Waals surface area contributed by atoms with Crippen molar-refractivity contribution in [1.29, 1.82) is 0 Å². The summed E-state index contributed by atoms with van der Waals surface area (Å²) in [6.45, 7) is 1.88. The summed E-state index contributed by atoms with van der Waals surface area (Å²) in [6, 6.07) is 5.68. The largest absolute Gasteiger partial charge is 0.295 e. The Kier molecular flexibility index (Phi) is 4.22. The van der Waals surface area contributed by atoms with Crippen LogP contribution in [0.15, 0.2) is 18.2 Å². The van der Waals surface area contributed by atoms with Crippen molar-refractivity contribution in [2.24, 2.45) is 0 Å². The van der Waals surface area contributed by atoms with E-state index in [9.17, 15) is 4.39 Å². The van der Waals surface area contributed by atoms with Crippen LogP contribution in [0.25, 0.3) is 0 Å². The fourth-order valence-electron chi connectivity index (χ4n) is 1.81. The maximum atomic E-state index is 13.0. The predicted molar refractivity (Wildman–Crippen MR) is 68.6 cm³/mol. The van der Waals surface area contributed by atoms with E-state index >= 15 is 0 Å². The van der Waals surface area contributed by atoms with E-state index in [0.717, 1.165) is 24.0 Å². The molecule has 1 saturated carbocycles. The molecule has 88 valence electrons. The van der Waals surface area contributed by atoms with Crippen LogP contribution in [0, 0.1) is 5.82 Å². The van der Waals surface area contributed by atoms with Crippen LogP contribution in [0.4, 0.5) is 4.39 Å². The molecule has 0 N–H and O–H groups in total. The second kappa shape index (κ2) is 5.48. The first-order valence-corrected chi connectivity index (χ1v) is 6.94. The summed E-state index contributed by atoms with van der Waals surface area (Å²) < 4.78 is 13.0. The molecule has 4 heteroatoms. The zero-order valence-corrected chi connectivity index (χ0v) is 11.3. The molecule has 1 aliphatic carbocycles. The number of rotatable bonds is 5. The molecule has 1 aliphatic rings. The lowest BCUT2D eigenvalue weighted by Gasteiger charge is -2.20. The summed E-state index contributed by atoms with van der Waals surface area (Å²) >= 11 is 9.22. The molecule has 0 heterocycles. The van der Waals surface area contributed by atoms with Crippen molar-refractivity contribution in [3.63, 3.8) is 0 Å². The monoisotopic (exact) mass is 305 g/mol. The second-order valence-corrected chi connectivity index (χ2v) is 5.34. The maximum Gasteiger partial charge on any atom is 0.141 e. The molecule has 0 aromatic heterocycles. The summed E-state index contributed by atoms with van der Waals surface area (Å²) in [5, 5.41) is 1.19. The lowest BCUT2D eigenvalue weighted by molar-refractivity contribution is 0.272. The molecule has 0 aliphatic heterocycles. The Morgan fingerprint density at radius 3 is 2.75 bits per heavy atom. The van der Waals surface area contributed by atoms with Gasteiger partial charge in [0.25, 0.3) is 0 Å². The van der Waals surface area contributed by atoms with Crippen LogP contribution in [0.2, 0.25) is 5.02 Å². The summed E-state index contributed by atoms with van der Waals surface area (Å²) in [5.41, 5.74) is 1.08. The van der Waals surface area contributed by atoms with E-state index in [-0.39, 0.29) is 10.8 Å². The highest BCUT2D eigenvalue weighted by Crippen LogP contribution is 2.28. The molecule has 16 heavy (non-hydrogen) atoms. The normalized spacial score (nSPS) is 15.8. The van der Waals surface area contributed by atoms with E-state index < -0.39 is 0 Å². The minimum Gasteiger partial charge on any atom is -0.295 e. The Balaban J connectivity index is 2.03. The van der Waals surface area contributed by atoms with Crippen LogP contribution in [0.1, 0.15) is 18.4 Å². The van der Waals surface area contributed by atoms with Crippen molar-refractivity contribution in [1.82, 2.24) is 4.90 Å². The summed E-state index contributed by atoms with van der Waals surface area (Å²) in [5.74, 6) is -0.344. The molecule has 1 aromatic carbocycles. The van der Waals surface area contributed by atoms with E-state index in [4.69, 9.17) is 11.6 Å². The molecule has 2 rings (SSSR count). The van der Waals surface area contributed by atoms with E-state index in [2.05, 4.69) is 20.8 Å². The van der Waals surface area contributed by atoms with Gasteiger partial charge in [-0.3, -0.25) is 4.90 Å². The topological polar surface area (TPSA) is 3.24 Å². The predicted octanol–water partition coefficient (Wildman–Crippen LogP) is 3.84. The maximum absolute atomic E-state index is 13.0. The van der Waals surface area contributed by atoms with Crippen molar-refractivity contribution in [2.75, 3.05) is 11.9 Å². The molecule has 1 fully saturated rings. The SMILES string of the molecule is Fc1ccc(CN(CCBr)C2CC2)cc1Cl. The van der Waals surface area contributed by atoms with Crippen LogP contribution in [0.5, 0.6) is 0 Å². The Labute approximate surface area is 109 Å². The van der Waals surface area contributed by atoms with Crippen LogP contribution < -0.4 is 0 Å². The van der Waals surface area contributed by atoms with Gasteiger partial charge in [0.05, 0.1) is 5.02 Å². The number of benzene rings is 1. The first-order chi connectivity index (χ1) is 7.70. The number of alkyl halides is 1. The van der Waals surface area contributed by atoms with Gasteiger partial charge in [0.2, 0.25) is 0 Å². The highest BCUT2D eigenvalue weighted by atomic mass is 79.9. The molecule has 1 aromatic rings. The average Bonchev–Trinajstić information content (AvgIpc) is 3.06. The van der Waals surface area contributed by atoms with Gasteiger partial charge >= 0.3 is 0 Å². The molecule has 0 atom stereocenters. The molecule has 0 unspecified atom stereocenters. The molecule has 0 spiro atoms. The van der Waals surface area contributed by atoms with Crippen LogP contribution >= 0.6 is 27.5 Å². The molecule has 0 bridgehead atoms. The van der Waals surface area contributed by atoms with E-state index in [0.29, 0.717) is 6.04 Å². The average molecular weight is 307 g/mol. The molecule has 0 saturated heterocycles. The summed E-state index contributed by atoms with van der Waals surface area (Å²) in [4.78, 5) is 2.41. The fraction of sp³-hybridized carbons (Fsp3) is 0.500. The number of hydrogen-bond acceptors (Lipinski definition) is 1. The Morgan fingerprint density at radius 2 is 2.19 bits per heavy atom. The first-order valence-electron chi connectivity index (χ1n) is 5.44. The van der Waals surface area contributed by atoms with Gasteiger partial charge in [0.15, 0.2) is 0 Å². The van der Waals surface area contributed by atoms with Gasteiger partial charge in [-0.25, -0.2) is 4.39 Å². The van der Waals surface area contributed by atoms with Crippen molar-refractivity contribution in [2.45, 2.75) is 25.4 Å². The smallest absolute Gasteiger partial charge is 0.141 e. The Morgan fingerprint density at radius 1 is 1.44 bits per heavy atom. The summed E-state index contributed by atoms with van der Waals surface area (Å²) in [6.07, 6.45) is 2.56. The molecule has 0 radical (unpaired) electrons. The lowest BCUT2D eigenvalue weighted by atomic mass is 10.2. The van der Waals surface area contributed by atoms with Crippen LogP contribution in [0.3, 0.4) is 0 Å². The Bertz CT molecular complexity index is 368. The van der Waals surface area contributed by atoms with Crippen molar-refractivity contribution in [3.8, 4) is 0 Å². The first kappa shape index (κ1) is 12.3. The number of nitrogens with zero attached hydrogens (tertiary/aromatic N) is 1. The molecule has 0 amide bonds. The number of hydrogen-bond donors (Lipinski definition) is 0. The molecular weight excluding hydrogens is 292 g/mol. The lowest BCUT2D eigenvalue weighted by Crippen LogP contribution is -2.27.